The molecule has 5 rings (SSSR count). The van der Waals surface area contributed by atoms with Crippen LogP contribution in [0.4, 0.5) is 0 Å². The number of esters is 1. The summed E-state index contributed by atoms with van der Waals surface area (Å²) in [5, 5.41) is 54.4. The molecule has 0 saturated heterocycles. The number of hydrogen-bond donors (Lipinski definition) is 5. The van der Waals surface area contributed by atoms with Gasteiger partial charge in [-0.25, -0.2) is 4.79 Å². The van der Waals surface area contributed by atoms with Crippen molar-refractivity contribution >= 4 is 11.8 Å². The number of allylic oxidation sites excluding steroid dienone is 1. The first-order valence-electron chi connectivity index (χ1n) is 13.4. The molecule has 200 valence electrons. The molecule has 0 amide bonds. The van der Waals surface area contributed by atoms with Crippen LogP contribution in [0.1, 0.15) is 59.3 Å². The van der Waals surface area contributed by atoms with Gasteiger partial charge in [0.2, 0.25) is 0 Å². The number of ether oxygens (including phenoxy) is 1. The minimum atomic E-state index is -1.55. The van der Waals surface area contributed by atoms with Crippen molar-refractivity contribution in [2.75, 3.05) is 13.2 Å². The van der Waals surface area contributed by atoms with E-state index in [4.69, 9.17) is 4.74 Å². The van der Waals surface area contributed by atoms with E-state index in [1.807, 2.05) is 6.92 Å². The van der Waals surface area contributed by atoms with Gasteiger partial charge in [-0.1, -0.05) is 18.6 Å². The Balaban J connectivity index is 1.48. The number of fused-ring (bicyclic) bond motifs is 5. The molecule has 0 aromatic rings. The molecule has 1 heterocycles. The van der Waals surface area contributed by atoms with Gasteiger partial charge in [-0.3, -0.25) is 4.79 Å². The maximum atomic E-state index is 13.2. The van der Waals surface area contributed by atoms with Gasteiger partial charge < -0.3 is 30.3 Å². The lowest BCUT2D eigenvalue weighted by molar-refractivity contribution is -0.246. The molecule has 3 saturated carbocycles. The summed E-state index contributed by atoms with van der Waals surface area (Å²) in [4.78, 5) is 25.7. The predicted octanol–water partition coefficient (Wildman–Crippen LogP) is 1.28. The molecule has 4 aliphatic carbocycles. The second-order valence-corrected chi connectivity index (χ2v) is 12.4. The molecule has 1 aliphatic heterocycles. The van der Waals surface area contributed by atoms with Crippen LogP contribution in [-0.2, 0) is 14.3 Å². The van der Waals surface area contributed by atoms with Crippen LogP contribution in [0.2, 0.25) is 0 Å². The number of carbonyl (C=O) groups is 2. The average molecular weight is 505 g/mol. The molecule has 0 bridgehead atoms. The fourth-order valence-corrected chi connectivity index (χ4v) is 9.22. The van der Waals surface area contributed by atoms with E-state index < -0.39 is 40.7 Å². The van der Waals surface area contributed by atoms with Crippen LogP contribution in [0.5, 0.6) is 0 Å². The third-order valence-corrected chi connectivity index (χ3v) is 11.4. The molecule has 0 radical (unpaired) electrons. The van der Waals surface area contributed by atoms with Gasteiger partial charge in [0.25, 0.3) is 0 Å². The first kappa shape index (κ1) is 26.0. The van der Waals surface area contributed by atoms with Crippen molar-refractivity contribution in [1.82, 2.24) is 0 Å². The molecular weight excluding hydrogens is 464 g/mol. The van der Waals surface area contributed by atoms with Crippen LogP contribution in [0.3, 0.4) is 0 Å². The zero-order chi connectivity index (χ0) is 26.2. The van der Waals surface area contributed by atoms with E-state index in [2.05, 4.69) is 0 Å². The molecule has 0 aromatic carbocycles. The van der Waals surface area contributed by atoms with E-state index >= 15 is 0 Å². The number of cyclic esters (lactones) is 1. The second kappa shape index (κ2) is 8.73. The summed E-state index contributed by atoms with van der Waals surface area (Å²) in [6.07, 6.45) is 3.59. The molecule has 5 N–H and O–H groups in total. The maximum absolute atomic E-state index is 13.2. The van der Waals surface area contributed by atoms with E-state index in [0.717, 1.165) is 18.4 Å². The van der Waals surface area contributed by atoms with Crippen molar-refractivity contribution < 1.29 is 39.9 Å². The van der Waals surface area contributed by atoms with Crippen molar-refractivity contribution in [1.29, 1.82) is 0 Å². The third kappa shape index (κ3) is 3.24. The molecule has 36 heavy (non-hydrogen) atoms. The van der Waals surface area contributed by atoms with Crippen LogP contribution < -0.4 is 0 Å². The molecule has 8 nitrogen and oxygen atoms in total. The summed E-state index contributed by atoms with van der Waals surface area (Å²) in [6, 6.07) is 0. The molecular formula is C28H40O8. The maximum Gasteiger partial charge on any atom is 0.336 e. The van der Waals surface area contributed by atoms with Crippen LogP contribution in [0, 0.1) is 40.4 Å². The van der Waals surface area contributed by atoms with E-state index in [0.29, 0.717) is 19.3 Å². The fraction of sp³-hybridized carbons (Fsp3) is 0.786. The highest BCUT2D eigenvalue weighted by Crippen LogP contribution is 2.68. The number of hydrogen-bond acceptors (Lipinski definition) is 8. The lowest BCUT2D eigenvalue weighted by Crippen LogP contribution is -2.70. The Bertz CT molecular complexity index is 1000. The monoisotopic (exact) mass is 504 g/mol. The summed E-state index contributed by atoms with van der Waals surface area (Å²) in [6.45, 7) is 5.02. The summed E-state index contributed by atoms with van der Waals surface area (Å²) >= 11 is 0. The summed E-state index contributed by atoms with van der Waals surface area (Å²) in [5.74, 6) is -1.60. The van der Waals surface area contributed by atoms with E-state index in [1.165, 1.54) is 6.08 Å². The number of ketones is 1. The normalized spacial score (nSPS) is 49.3. The molecule has 3 fully saturated rings. The van der Waals surface area contributed by atoms with Gasteiger partial charge in [0.05, 0.1) is 29.8 Å². The average Bonchev–Trinajstić information content (AvgIpc) is 3.17. The summed E-state index contributed by atoms with van der Waals surface area (Å²) in [5.41, 5.74) is -2.31. The third-order valence-electron chi connectivity index (χ3n) is 11.4. The molecule has 0 aromatic heterocycles. The standard InChI is InChI=1S/C28H40O8/c1-14-9-21(36-25(34)16(14)12-29)17(13-30)19-7-6-18-15-10-24(33)28(35)8-4-5-22(31)27(28,3)20(15)11-23(32)26(18,19)2/h4-5,15,17-21,23-24,29-30,32-33,35H,6-13H2,1-3H3/t15-,17-,18-,19+,20+,21+,23+,24+,26-,27-,28-/m0/s1. The second-order valence-electron chi connectivity index (χ2n) is 12.4. The Morgan fingerprint density at radius 2 is 1.81 bits per heavy atom. The van der Waals surface area contributed by atoms with Gasteiger partial charge in [0.1, 0.15) is 11.7 Å². The molecule has 8 heteroatoms. The Morgan fingerprint density at radius 1 is 1.08 bits per heavy atom. The SMILES string of the molecule is CC1=C(CO)C(=O)O[C@@H]([C@@H](CO)[C@H]2CC[C@H]3[C@@H]4C[C@@H](O)[C@@]5(O)CC=CC(=O)[C@]5(C)[C@@H]4C[C@@H](O)[C@]23C)C1. The highest BCUT2D eigenvalue weighted by atomic mass is 16.5. The Kier molecular flexibility index (Phi) is 6.32. The Hall–Kier alpha value is -1.58. The minimum absolute atomic E-state index is 0.0102. The lowest BCUT2D eigenvalue weighted by Gasteiger charge is -2.64. The Morgan fingerprint density at radius 3 is 2.44 bits per heavy atom. The van der Waals surface area contributed by atoms with Crippen molar-refractivity contribution in [3.8, 4) is 0 Å². The number of aliphatic hydroxyl groups excluding tert-OH is 4. The highest BCUT2D eigenvalue weighted by Gasteiger charge is 2.71. The van der Waals surface area contributed by atoms with Crippen LogP contribution in [0.25, 0.3) is 0 Å². The van der Waals surface area contributed by atoms with Crippen molar-refractivity contribution in [3.05, 3.63) is 23.3 Å². The minimum Gasteiger partial charge on any atom is -0.458 e. The lowest BCUT2D eigenvalue weighted by atomic mass is 9.42. The van der Waals surface area contributed by atoms with Crippen molar-refractivity contribution in [2.24, 2.45) is 40.4 Å². The molecule has 0 unspecified atom stereocenters. The van der Waals surface area contributed by atoms with Gasteiger partial charge in [0, 0.05) is 18.9 Å². The summed E-state index contributed by atoms with van der Waals surface area (Å²) in [7, 11) is 0. The topological polar surface area (TPSA) is 145 Å². The fourth-order valence-electron chi connectivity index (χ4n) is 9.22. The van der Waals surface area contributed by atoms with Gasteiger partial charge in [-0.15, -0.1) is 0 Å². The van der Waals surface area contributed by atoms with Gasteiger partial charge >= 0.3 is 5.97 Å². The number of aliphatic hydroxyl groups is 5. The van der Waals surface area contributed by atoms with Gasteiger partial charge in [-0.05, 0) is 81.1 Å². The predicted molar refractivity (Wildman–Crippen MR) is 129 cm³/mol. The van der Waals surface area contributed by atoms with E-state index in [9.17, 15) is 35.1 Å². The Labute approximate surface area is 212 Å². The van der Waals surface area contributed by atoms with E-state index in [-0.39, 0.29) is 60.6 Å². The zero-order valence-electron chi connectivity index (χ0n) is 21.4. The largest absolute Gasteiger partial charge is 0.458 e. The zero-order valence-corrected chi connectivity index (χ0v) is 21.4. The first-order valence-corrected chi connectivity index (χ1v) is 13.4. The van der Waals surface area contributed by atoms with E-state index in [1.54, 1.807) is 19.9 Å². The number of rotatable bonds is 4. The molecule has 0 spiro atoms. The number of carbonyl (C=O) groups excluding carboxylic acids is 2. The van der Waals surface area contributed by atoms with Gasteiger partial charge in [-0.2, -0.15) is 0 Å². The first-order chi connectivity index (χ1) is 16.9. The highest BCUT2D eigenvalue weighted by molar-refractivity contribution is 5.97. The smallest absolute Gasteiger partial charge is 0.336 e. The van der Waals surface area contributed by atoms with Crippen molar-refractivity contribution in [2.45, 2.75) is 83.2 Å². The van der Waals surface area contributed by atoms with Gasteiger partial charge in [0.15, 0.2) is 5.78 Å². The molecule has 5 aliphatic rings. The summed E-state index contributed by atoms with van der Waals surface area (Å²) < 4.78 is 5.70. The van der Waals surface area contributed by atoms with Crippen LogP contribution >= 0.6 is 0 Å². The van der Waals surface area contributed by atoms with Crippen LogP contribution in [-0.4, -0.2) is 74.4 Å². The van der Waals surface area contributed by atoms with Crippen molar-refractivity contribution in [3.63, 3.8) is 0 Å². The van der Waals surface area contributed by atoms with Crippen LogP contribution in [0.15, 0.2) is 23.3 Å². The quantitative estimate of drug-likeness (QED) is 0.360. The molecule has 11 atom stereocenters.